The molecular weight excluding hydrogens is 302 g/mol. The largest absolute Gasteiger partial charge is 0.444 e. The van der Waals surface area contributed by atoms with Crippen LogP contribution in [0.4, 0.5) is 4.79 Å². The van der Waals surface area contributed by atoms with Crippen molar-refractivity contribution in [3.05, 3.63) is 12.2 Å². The number of nitrogens with one attached hydrogen (secondary N) is 1. The number of ether oxygens (including phenoxy) is 1. The molecule has 1 N–H and O–H groups in total. The highest BCUT2D eigenvalue weighted by atomic mass is 35.6. The quantitative estimate of drug-likeness (QED) is 0.643. The van der Waals surface area contributed by atoms with Crippen molar-refractivity contribution in [1.82, 2.24) is 10.4 Å². The first kappa shape index (κ1) is 15.4. The number of rotatable bonds is 3. The second-order valence-corrected chi connectivity index (χ2v) is 6.48. The van der Waals surface area contributed by atoms with Gasteiger partial charge in [-0.2, -0.15) is 0 Å². The van der Waals surface area contributed by atoms with Crippen molar-refractivity contribution in [3.8, 4) is 0 Å². The molecule has 0 saturated carbocycles. The van der Waals surface area contributed by atoms with E-state index in [0.717, 1.165) is 5.57 Å². The molecule has 8 heteroatoms. The highest BCUT2D eigenvalue weighted by Crippen LogP contribution is 2.26. The summed E-state index contributed by atoms with van der Waals surface area (Å²) in [4.78, 5) is 23.0. The van der Waals surface area contributed by atoms with E-state index in [0.29, 0.717) is 12.8 Å². The lowest BCUT2D eigenvalue weighted by atomic mass is 10.1. The molecule has 0 aromatic carbocycles. The second kappa shape index (κ2) is 5.99. The molecule has 5 nitrogen and oxygen atoms in total. The third kappa shape index (κ3) is 4.55. The minimum atomic E-state index is -1.68. The topological polar surface area (TPSA) is 58.6 Å². The second-order valence-electron chi connectivity index (χ2n) is 3.97. The van der Waals surface area contributed by atoms with Gasteiger partial charge in [-0.05, 0) is 13.3 Å². The molecule has 1 aliphatic heterocycles. The van der Waals surface area contributed by atoms with Crippen molar-refractivity contribution < 1.29 is 14.3 Å². The molecule has 1 fully saturated rings. The summed E-state index contributed by atoms with van der Waals surface area (Å²) in [6.07, 6.45) is 0.115. The van der Waals surface area contributed by atoms with Crippen LogP contribution in [0.3, 0.4) is 0 Å². The lowest BCUT2D eigenvalue weighted by Crippen LogP contribution is -2.48. The van der Waals surface area contributed by atoms with Crippen molar-refractivity contribution in [2.24, 2.45) is 0 Å². The van der Waals surface area contributed by atoms with E-state index in [1.165, 1.54) is 5.01 Å². The Morgan fingerprint density at radius 2 is 2.22 bits per heavy atom. The third-order valence-electron chi connectivity index (χ3n) is 2.36. The van der Waals surface area contributed by atoms with E-state index in [4.69, 9.17) is 34.8 Å². The molecule has 102 valence electrons. The zero-order valence-corrected chi connectivity index (χ0v) is 12.0. The highest BCUT2D eigenvalue weighted by molar-refractivity contribution is 6.67. The van der Waals surface area contributed by atoms with Gasteiger partial charge in [-0.25, -0.2) is 15.2 Å². The maximum Gasteiger partial charge on any atom is 0.426 e. The van der Waals surface area contributed by atoms with Crippen molar-refractivity contribution in [2.75, 3.05) is 6.61 Å². The number of hydrogen-bond acceptors (Lipinski definition) is 3. The van der Waals surface area contributed by atoms with Crippen LogP contribution in [0.15, 0.2) is 12.2 Å². The average Bonchev–Trinajstić information content (AvgIpc) is 2.57. The summed E-state index contributed by atoms with van der Waals surface area (Å²) >= 11 is 16.3. The van der Waals surface area contributed by atoms with Crippen LogP contribution < -0.4 is 5.43 Å². The number of nitrogens with zero attached hydrogens (tertiary/aromatic N) is 1. The van der Waals surface area contributed by atoms with Gasteiger partial charge in [0.15, 0.2) is 0 Å². The van der Waals surface area contributed by atoms with Crippen LogP contribution in [0.2, 0.25) is 0 Å². The first-order valence-electron chi connectivity index (χ1n) is 5.18. The smallest absolute Gasteiger partial charge is 0.426 e. The number of hydrazine groups is 1. The fraction of sp³-hybridized carbons (Fsp3) is 0.600. The summed E-state index contributed by atoms with van der Waals surface area (Å²) in [5.74, 6) is -0.200. The Morgan fingerprint density at radius 1 is 1.61 bits per heavy atom. The highest BCUT2D eigenvalue weighted by Gasteiger charge is 2.33. The van der Waals surface area contributed by atoms with E-state index < -0.39 is 16.5 Å². The van der Waals surface area contributed by atoms with Crippen molar-refractivity contribution in [2.45, 2.75) is 29.6 Å². The standard InChI is InChI=1S/C10H13Cl3N2O3/c1-6(2)7-3-4-8(16)15(7)14-9(17)18-5-10(11,12)13/h7H,1,3-5H2,2H3,(H,14,17). The van der Waals surface area contributed by atoms with Gasteiger partial charge in [-0.3, -0.25) is 4.79 Å². The van der Waals surface area contributed by atoms with E-state index in [1.54, 1.807) is 6.92 Å². The van der Waals surface area contributed by atoms with E-state index in [9.17, 15) is 9.59 Å². The minimum Gasteiger partial charge on any atom is -0.444 e. The Labute approximate surface area is 120 Å². The molecule has 0 bridgehead atoms. The first-order chi connectivity index (χ1) is 8.20. The van der Waals surface area contributed by atoms with Crippen molar-refractivity contribution in [3.63, 3.8) is 0 Å². The molecule has 1 heterocycles. The summed E-state index contributed by atoms with van der Waals surface area (Å²) in [7, 11) is 0. The number of carbonyl (C=O) groups excluding carboxylic acids is 2. The predicted molar refractivity (Wildman–Crippen MR) is 69.5 cm³/mol. The van der Waals surface area contributed by atoms with Crippen LogP contribution in [0.1, 0.15) is 19.8 Å². The maximum atomic E-state index is 11.6. The van der Waals surface area contributed by atoms with Gasteiger partial charge in [-0.1, -0.05) is 47.0 Å². The molecule has 18 heavy (non-hydrogen) atoms. The number of hydrogen-bond donors (Lipinski definition) is 1. The first-order valence-corrected chi connectivity index (χ1v) is 6.31. The van der Waals surface area contributed by atoms with E-state index in [-0.39, 0.29) is 11.9 Å². The van der Waals surface area contributed by atoms with E-state index >= 15 is 0 Å². The Bertz CT molecular complexity index is 368. The molecule has 1 aliphatic rings. The van der Waals surface area contributed by atoms with Crippen LogP contribution in [-0.2, 0) is 9.53 Å². The molecule has 0 aliphatic carbocycles. The normalized spacial score (nSPS) is 19.9. The van der Waals surface area contributed by atoms with Crippen LogP contribution in [0.25, 0.3) is 0 Å². The van der Waals surface area contributed by atoms with Gasteiger partial charge < -0.3 is 4.74 Å². The number of alkyl halides is 3. The third-order valence-corrected chi connectivity index (χ3v) is 2.69. The predicted octanol–water partition coefficient (Wildman–Crippen LogP) is 2.56. The lowest BCUT2D eigenvalue weighted by molar-refractivity contribution is -0.131. The Hall–Kier alpha value is -0.650. The number of halogens is 3. The molecule has 1 atom stereocenters. The van der Waals surface area contributed by atoms with Gasteiger partial charge in [0.2, 0.25) is 9.70 Å². The van der Waals surface area contributed by atoms with Crippen molar-refractivity contribution in [1.29, 1.82) is 0 Å². The van der Waals surface area contributed by atoms with Crippen LogP contribution in [0, 0.1) is 0 Å². The Kier molecular flexibility index (Phi) is 5.13. The molecule has 0 aromatic heterocycles. The number of amides is 2. The molecule has 2 amide bonds. The monoisotopic (exact) mass is 314 g/mol. The van der Waals surface area contributed by atoms with Crippen LogP contribution in [0.5, 0.6) is 0 Å². The fourth-order valence-corrected chi connectivity index (χ4v) is 1.73. The van der Waals surface area contributed by atoms with E-state index in [2.05, 4.69) is 16.7 Å². The molecule has 1 saturated heterocycles. The van der Waals surface area contributed by atoms with Gasteiger partial charge in [0.25, 0.3) is 0 Å². The Morgan fingerprint density at radius 3 is 2.72 bits per heavy atom. The number of carbonyl (C=O) groups is 2. The lowest BCUT2D eigenvalue weighted by Gasteiger charge is -2.25. The summed E-state index contributed by atoms with van der Waals surface area (Å²) in [5.41, 5.74) is 3.10. The molecular formula is C10H13Cl3N2O3. The van der Waals surface area contributed by atoms with E-state index in [1.807, 2.05) is 0 Å². The maximum absolute atomic E-state index is 11.6. The molecule has 0 aromatic rings. The molecule has 1 unspecified atom stereocenters. The van der Waals surface area contributed by atoms with Crippen LogP contribution in [-0.4, -0.2) is 33.5 Å². The Balaban J connectivity index is 2.52. The fourth-order valence-electron chi connectivity index (χ4n) is 1.57. The van der Waals surface area contributed by atoms with Crippen molar-refractivity contribution >= 4 is 46.8 Å². The van der Waals surface area contributed by atoms with Gasteiger partial charge in [0.05, 0.1) is 6.04 Å². The van der Waals surface area contributed by atoms with Crippen LogP contribution >= 0.6 is 34.8 Å². The summed E-state index contributed by atoms with van der Waals surface area (Å²) < 4.78 is 2.99. The van der Waals surface area contributed by atoms with Gasteiger partial charge >= 0.3 is 6.09 Å². The molecule has 0 radical (unpaired) electrons. The molecule has 1 rings (SSSR count). The summed E-state index contributed by atoms with van der Waals surface area (Å²) in [5, 5.41) is 1.20. The minimum absolute atomic E-state index is 0.200. The zero-order chi connectivity index (χ0) is 13.9. The van der Waals surface area contributed by atoms with Gasteiger partial charge in [0.1, 0.15) is 6.61 Å². The SMILES string of the molecule is C=C(C)C1CCC(=O)N1NC(=O)OCC(Cl)(Cl)Cl. The van der Waals surface area contributed by atoms with Gasteiger partial charge in [0, 0.05) is 6.42 Å². The zero-order valence-electron chi connectivity index (χ0n) is 9.71. The molecule has 0 spiro atoms. The van der Waals surface area contributed by atoms with Gasteiger partial charge in [-0.15, -0.1) is 0 Å². The summed E-state index contributed by atoms with van der Waals surface area (Å²) in [6.45, 7) is 5.15. The average molecular weight is 316 g/mol. The summed E-state index contributed by atoms with van der Waals surface area (Å²) in [6, 6.07) is -0.224.